The van der Waals surface area contributed by atoms with E-state index in [2.05, 4.69) is 20.6 Å². The van der Waals surface area contributed by atoms with E-state index in [1.165, 1.54) is 6.20 Å². The molecule has 0 aliphatic heterocycles. The number of aromatic nitrogens is 2. The fourth-order valence-electron chi connectivity index (χ4n) is 2.42. The average molecular weight is 349 g/mol. The molecule has 0 atom stereocenters. The molecule has 3 aromatic rings. The van der Waals surface area contributed by atoms with Gasteiger partial charge in [-0.05, 0) is 18.2 Å². The molecule has 0 radical (unpaired) electrons. The van der Waals surface area contributed by atoms with E-state index in [1.54, 1.807) is 7.11 Å². The number of hydrogen-bond acceptors (Lipinski definition) is 6. The van der Waals surface area contributed by atoms with Crippen molar-refractivity contribution in [1.29, 1.82) is 0 Å². The van der Waals surface area contributed by atoms with E-state index in [0.717, 1.165) is 17.0 Å². The molecule has 0 unspecified atom stereocenters. The van der Waals surface area contributed by atoms with Crippen molar-refractivity contribution in [2.45, 2.75) is 6.54 Å². The van der Waals surface area contributed by atoms with Crippen molar-refractivity contribution in [3.8, 4) is 5.75 Å². The van der Waals surface area contributed by atoms with Crippen LogP contribution in [0.4, 0.5) is 17.5 Å². The number of carbonyl (C=O) groups is 1. The normalized spacial score (nSPS) is 10.2. The number of nitrogens with two attached hydrogens (primary N) is 1. The van der Waals surface area contributed by atoms with Crippen molar-refractivity contribution in [2.24, 2.45) is 5.73 Å². The summed E-state index contributed by atoms with van der Waals surface area (Å²) in [6.07, 6.45) is 1.41. The molecular formula is C19H19N5O2. The third kappa shape index (κ3) is 4.07. The highest BCUT2D eigenvalue weighted by Gasteiger charge is 2.13. The Kier molecular flexibility index (Phi) is 5.28. The van der Waals surface area contributed by atoms with E-state index in [9.17, 15) is 4.79 Å². The van der Waals surface area contributed by atoms with Gasteiger partial charge in [0.1, 0.15) is 17.1 Å². The highest BCUT2D eigenvalue weighted by atomic mass is 16.5. The van der Waals surface area contributed by atoms with Gasteiger partial charge in [0.2, 0.25) is 5.95 Å². The molecule has 3 rings (SSSR count). The van der Waals surface area contributed by atoms with Crippen molar-refractivity contribution in [1.82, 2.24) is 9.97 Å². The molecule has 7 nitrogen and oxygen atoms in total. The number of carbonyl (C=O) groups excluding carboxylic acids is 1. The second kappa shape index (κ2) is 7.98. The lowest BCUT2D eigenvalue weighted by Gasteiger charge is -2.12. The minimum Gasteiger partial charge on any atom is -0.496 e. The van der Waals surface area contributed by atoms with Crippen LogP contribution in [0.3, 0.4) is 0 Å². The first-order valence-electron chi connectivity index (χ1n) is 8.02. The van der Waals surface area contributed by atoms with E-state index in [4.69, 9.17) is 10.5 Å². The Balaban J connectivity index is 1.82. The van der Waals surface area contributed by atoms with Gasteiger partial charge < -0.3 is 21.1 Å². The van der Waals surface area contributed by atoms with Crippen LogP contribution in [0.2, 0.25) is 0 Å². The summed E-state index contributed by atoms with van der Waals surface area (Å²) in [5.41, 5.74) is 7.41. The number of benzene rings is 2. The maximum Gasteiger partial charge on any atom is 0.254 e. The van der Waals surface area contributed by atoms with E-state index in [-0.39, 0.29) is 5.56 Å². The van der Waals surface area contributed by atoms with Crippen LogP contribution < -0.4 is 21.1 Å². The predicted octanol–water partition coefficient (Wildman–Crippen LogP) is 2.94. The Bertz CT molecular complexity index is 899. The summed E-state index contributed by atoms with van der Waals surface area (Å²) in [7, 11) is 1.62. The van der Waals surface area contributed by atoms with Gasteiger partial charge in [0.05, 0.1) is 7.11 Å². The second-order valence-corrected chi connectivity index (χ2v) is 5.48. The maximum atomic E-state index is 11.7. The highest BCUT2D eigenvalue weighted by Crippen LogP contribution is 2.21. The smallest absolute Gasteiger partial charge is 0.254 e. The summed E-state index contributed by atoms with van der Waals surface area (Å²) in [6.45, 7) is 0.477. The minimum atomic E-state index is -0.597. The number of anilines is 3. The molecule has 1 aromatic heterocycles. The van der Waals surface area contributed by atoms with Crippen molar-refractivity contribution >= 4 is 23.4 Å². The van der Waals surface area contributed by atoms with Crippen molar-refractivity contribution in [3.05, 3.63) is 71.9 Å². The van der Waals surface area contributed by atoms with Crippen LogP contribution in [0.15, 0.2) is 60.8 Å². The number of para-hydroxylation sites is 2. The van der Waals surface area contributed by atoms with E-state index >= 15 is 0 Å². The molecule has 0 aliphatic carbocycles. The molecule has 2 aromatic carbocycles. The molecule has 0 fully saturated rings. The number of amides is 1. The monoisotopic (exact) mass is 349 g/mol. The number of methoxy groups -OCH3 is 1. The zero-order chi connectivity index (χ0) is 18.4. The first kappa shape index (κ1) is 17.2. The van der Waals surface area contributed by atoms with Crippen molar-refractivity contribution in [3.63, 3.8) is 0 Å². The molecule has 0 saturated heterocycles. The van der Waals surface area contributed by atoms with Gasteiger partial charge in [0.15, 0.2) is 0 Å². The summed E-state index contributed by atoms with van der Waals surface area (Å²) in [6, 6.07) is 17.1. The van der Waals surface area contributed by atoms with E-state index in [0.29, 0.717) is 18.3 Å². The van der Waals surface area contributed by atoms with Gasteiger partial charge in [-0.1, -0.05) is 36.4 Å². The van der Waals surface area contributed by atoms with Crippen LogP contribution in [-0.2, 0) is 6.54 Å². The molecule has 1 amide bonds. The molecule has 132 valence electrons. The Labute approximate surface area is 151 Å². The van der Waals surface area contributed by atoms with Gasteiger partial charge in [0.25, 0.3) is 5.91 Å². The van der Waals surface area contributed by atoms with Crippen LogP contribution in [0, 0.1) is 0 Å². The summed E-state index contributed by atoms with van der Waals surface area (Å²) in [5, 5.41) is 6.23. The number of nitrogens with one attached hydrogen (secondary N) is 2. The van der Waals surface area contributed by atoms with E-state index in [1.807, 2.05) is 54.6 Å². The number of nitrogens with zero attached hydrogens (tertiary/aromatic N) is 2. The average Bonchev–Trinajstić information content (AvgIpc) is 2.67. The molecule has 0 saturated carbocycles. The zero-order valence-corrected chi connectivity index (χ0v) is 14.3. The second-order valence-electron chi connectivity index (χ2n) is 5.48. The Morgan fingerprint density at radius 3 is 2.58 bits per heavy atom. The van der Waals surface area contributed by atoms with Crippen LogP contribution >= 0.6 is 0 Å². The third-order valence-corrected chi connectivity index (χ3v) is 3.72. The summed E-state index contributed by atoms with van der Waals surface area (Å²) >= 11 is 0. The predicted molar refractivity (Wildman–Crippen MR) is 101 cm³/mol. The quantitative estimate of drug-likeness (QED) is 0.606. The van der Waals surface area contributed by atoms with Crippen molar-refractivity contribution in [2.75, 3.05) is 17.7 Å². The van der Waals surface area contributed by atoms with Crippen LogP contribution in [0.1, 0.15) is 15.9 Å². The van der Waals surface area contributed by atoms with Crippen LogP contribution in [0.5, 0.6) is 5.75 Å². The van der Waals surface area contributed by atoms with Gasteiger partial charge in [0, 0.05) is 24.0 Å². The topological polar surface area (TPSA) is 102 Å². The van der Waals surface area contributed by atoms with Gasteiger partial charge >= 0.3 is 0 Å². The molecule has 0 bridgehead atoms. The first-order valence-corrected chi connectivity index (χ1v) is 8.02. The number of rotatable bonds is 7. The van der Waals surface area contributed by atoms with Crippen LogP contribution in [-0.4, -0.2) is 23.0 Å². The Morgan fingerprint density at radius 2 is 1.85 bits per heavy atom. The first-order chi connectivity index (χ1) is 12.7. The zero-order valence-electron chi connectivity index (χ0n) is 14.3. The number of primary amides is 1. The molecule has 4 N–H and O–H groups in total. The Hall–Kier alpha value is -3.61. The fourth-order valence-corrected chi connectivity index (χ4v) is 2.42. The molecule has 0 aliphatic rings. The van der Waals surface area contributed by atoms with Gasteiger partial charge in [-0.3, -0.25) is 4.79 Å². The van der Waals surface area contributed by atoms with Gasteiger partial charge in [-0.15, -0.1) is 0 Å². The lowest BCUT2D eigenvalue weighted by atomic mass is 10.2. The minimum absolute atomic E-state index is 0.219. The summed E-state index contributed by atoms with van der Waals surface area (Å²) in [4.78, 5) is 20.2. The molecule has 0 spiro atoms. The molecule has 26 heavy (non-hydrogen) atoms. The largest absolute Gasteiger partial charge is 0.496 e. The lowest BCUT2D eigenvalue weighted by molar-refractivity contribution is 0.100. The fraction of sp³-hybridized carbons (Fsp3) is 0.105. The number of hydrogen-bond donors (Lipinski definition) is 3. The lowest BCUT2D eigenvalue weighted by Crippen LogP contribution is -2.16. The molecular weight excluding hydrogens is 330 g/mol. The maximum absolute atomic E-state index is 11.7. The Morgan fingerprint density at radius 1 is 1.12 bits per heavy atom. The summed E-state index contributed by atoms with van der Waals surface area (Å²) in [5.74, 6) is 0.900. The summed E-state index contributed by atoms with van der Waals surface area (Å²) < 4.78 is 5.33. The van der Waals surface area contributed by atoms with Gasteiger partial charge in [-0.25, -0.2) is 4.98 Å². The standard InChI is InChI=1S/C19H19N5O2/c1-26-16-10-6-5-7-13(16)11-21-19-22-12-15(17(20)25)18(24-19)23-14-8-3-2-4-9-14/h2-10,12H,11H2,1H3,(H2,20,25)(H2,21,22,23,24). The third-order valence-electron chi connectivity index (χ3n) is 3.72. The van der Waals surface area contributed by atoms with Crippen molar-refractivity contribution < 1.29 is 9.53 Å². The van der Waals surface area contributed by atoms with Gasteiger partial charge in [-0.2, -0.15) is 4.98 Å². The highest BCUT2D eigenvalue weighted by molar-refractivity contribution is 5.98. The van der Waals surface area contributed by atoms with E-state index < -0.39 is 5.91 Å². The molecule has 7 heteroatoms. The van der Waals surface area contributed by atoms with Crippen LogP contribution in [0.25, 0.3) is 0 Å². The molecule has 1 heterocycles. The SMILES string of the molecule is COc1ccccc1CNc1ncc(C(N)=O)c(Nc2ccccc2)n1. The number of ether oxygens (including phenoxy) is 1.